The lowest BCUT2D eigenvalue weighted by Gasteiger charge is -2.21. The van der Waals surface area contributed by atoms with E-state index in [9.17, 15) is 0 Å². The third kappa shape index (κ3) is 17.0. The second-order valence-electron chi connectivity index (χ2n) is 22.5. The van der Waals surface area contributed by atoms with Crippen LogP contribution in [0.3, 0.4) is 0 Å². The fourth-order valence-electron chi connectivity index (χ4n) is 6.05. The van der Waals surface area contributed by atoms with E-state index in [1.54, 1.807) is 0 Å². The summed E-state index contributed by atoms with van der Waals surface area (Å²) in [6, 6.07) is 13.3. The van der Waals surface area contributed by atoms with Crippen molar-refractivity contribution in [3.63, 3.8) is 0 Å². The van der Waals surface area contributed by atoms with Crippen molar-refractivity contribution < 1.29 is 14.7 Å². The van der Waals surface area contributed by atoms with Crippen LogP contribution in [0.2, 0.25) is 0 Å². The molecule has 0 aliphatic heterocycles. The first-order chi connectivity index (χ1) is 29.3. The van der Waals surface area contributed by atoms with E-state index in [0.717, 1.165) is 33.4 Å². The molecule has 0 spiro atoms. The average molecular weight is 887 g/mol. The molecule has 0 bridgehead atoms. The predicted molar refractivity (Wildman–Crippen MR) is 268 cm³/mol. The highest BCUT2D eigenvalue weighted by atomic mass is 31.2. The van der Waals surface area contributed by atoms with Crippen LogP contribution in [-0.4, -0.2) is 44.6 Å². The maximum atomic E-state index is 7.23. The van der Waals surface area contributed by atoms with Gasteiger partial charge in [0.2, 0.25) is 0 Å². The van der Waals surface area contributed by atoms with Crippen molar-refractivity contribution in [2.45, 2.75) is 157 Å². The second-order valence-corrected chi connectivity index (χ2v) is 23.1. The van der Waals surface area contributed by atoms with Gasteiger partial charge in [-0.1, -0.05) is 125 Å². The average Bonchev–Trinajstić information content (AvgIpc) is 3.20. The van der Waals surface area contributed by atoms with Gasteiger partial charge in [0, 0.05) is 108 Å². The highest BCUT2D eigenvalue weighted by Crippen LogP contribution is 2.32. The highest BCUT2D eigenvalue weighted by molar-refractivity contribution is 7.38. The van der Waals surface area contributed by atoms with Gasteiger partial charge in [-0.25, -0.2) is 0 Å². The first-order valence-electron chi connectivity index (χ1n) is 21.9. The Hall–Kier alpha value is -4.79. The SMILES string of the molecule is CC(C)(C)c1cncc(-c2cncc(C(C)(C)C)c2)c1.CC(C)(C)c1cncc(-c2cncc(C(C)(C)C)c2)c1.CC(C)(C)c1cncc(-c2cncc(C(C)(C)C)c2)c1.OP(O)O. The molecule has 344 valence electrons. The Kier molecular flexibility index (Phi) is 18.0. The molecule has 0 saturated carbocycles. The molecule has 0 aliphatic carbocycles. The fourth-order valence-corrected chi connectivity index (χ4v) is 6.05. The zero-order valence-corrected chi connectivity index (χ0v) is 42.8. The van der Waals surface area contributed by atoms with E-state index >= 15 is 0 Å². The molecular formula is C54H75N6O3P. The number of aromatic nitrogens is 6. The minimum absolute atomic E-state index is 0.109. The van der Waals surface area contributed by atoms with Crippen LogP contribution in [-0.2, 0) is 32.5 Å². The molecule has 3 N–H and O–H groups in total. The van der Waals surface area contributed by atoms with E-state index in [2.05, 4.69) is 191 Å². The van der Waals surface area contributed by atoms with Gasteiger partial charge in [0.05, 0.1) is 0 Å². The lowest BCUT2D eigenvalue weighted by Crippen LogP contribution is -2.12. The maximum Gasteiger partial charge on any atom is 0.324 e. The molecule has 0 fully saturated rings. The molecule has 6 aromatic rings. The van der Waals surface area contributed by atoms with Gasteiger partial charge in [0.25, 0.3) is 0 Å². The Morgan fingerprint density at radius 1 is 0.250 bits per heavy atom. The number of rotatable bonds is 3. The summed E-state index contributed by atoms with van der Waals surface area (Å²) >= 11 is 0. The van der Waals surface area contributed by atoms with Crippen molar-refractivity contribution in [1.82, 2.24) is 29.9 Å². The number of nitrogens with zero attached hydrogens (tertiary/aromatic N) is 6. The van der Waals surface area contributed by atoms with Gasteiger partial charge in [-0.2, -0.15) is 0 Å². The Morgan fingerprint density at radius 3 is 0.453 bits per heavy atom. The third-order valence-corrected chi connectivity index (χ3v) is 10.6. The zero-order valence-electron chi connectivity index (χ0n) is 41.9. The zero-order chi connectivity index (χ0) is 48.5. The summed E-state index contributed by atoms with van der Waals surface area (Å²) in [5.41, 5.74) is 14.9. The molecule has 64 heavy (non-hydrogen) atoms. The third-order valence-electron chi connectivity index (χ3n) is 10.6. The monoisotopic (exact) mass is 887 g/mol. The number of hydrogen-bond acceptors (Lipinski definition) is 9. The molecule has 0 saturated heterocycles. The molecule has 0 atom stereocenters. The van der Waals surface area contributed by atoms with E-state index in [0.29, 0.717) is 0 Å². The van der Waals surface area contributed by atoms with E-state index in [1.807, 2.05) is 74.4 Å². The van der Waals surface area contributed by atoms with Crippen molar-refractivity contribution in [2.24, 2.45) is 0 Å². The van der Waals surface area contributed by atoms with Crippen LogP contribution in [0.25, 0.3) is 33.4 Å². The van der Waals surface area contributed by atoms with E-state index in [-0.39, 0.29) is 32.5 Å². The first kappa shape index (κ1) is 53.5. The lowest BCUT2D eigenvalue weighted by atomic mass is 9.85. The van der Waals surface area contributed by atoms with E-state index < -0.39 is 8.60 Å². The molecule has 0 unspecified atom stereocenters. The predicted octanol–water partition coefficient (Wildman–Crippen LogP) is 13.4. The molecule has 10 heteroatoms. The molecule has 6 aromatic heterocycles. The Bertz CT molecular complexity index is 1970. The van der Waals surface area contributed by atoms with Crippen molar-refractivity contribution in [3.8, 4) is 33.4 Å². The quantitative estimate of drug-likeness (QED) is 0.148. The summed E-state index contributed by atoms with van der Waals surface area (Å²) in [4.78, 5) is 48.0. The molecule has 9 nitrogen and oxygen atoms in total. The molecule has 0 aliphatic rings. The van der Waals surface area contributed by atoms with Gasteiger partial charge >= 0.3 is 8.60 Å². The number of pyridine rings is 6. The molecule has 0 aromatic carbocycles. The van der Waals surface area contributed by atoms with Gasteiger partial charge in [-0.15, -0.1) is 0 Å². The smallest absolute Gasteiger partial charge is 0.324 e. The topological polar surface area (TPSA) is 138 Å². The summed E-state index contributed by atoms with van der Waals surface area (Å²) in [5, 5.41) is 0. The normalized spacial score (nSPS) is 12.3. The first-order valence-corrected chi connectivity index (χ1v) is 23.1. The van der Waals surface area contributed by atoms with Crippen LogP contribution in [0.5, 0.6) is 0 Å². The Balaban J connectivity index is 0.000000244. The van der Waals surface area contributed by atoms with E-state index in [1.165, 1.54) is 33.4 Å². The molecule has 0 radical (unpaired) electrons. The van der Waals surface area contributed by atoms with Crippen LogP contribution in [0.15, 0.2) is 111 Å². The fraction of sp³-hybridized carbons (Fsp3) is 0.444. The minimum Gasteiger partial charge on any atom is -0.328 e. The van der Waals surface area contributed by atoms with Crippen LogP contribution in [0, 0.1) is 0 Å². The molecular weight excluding hydrogens is 812 g/mol. The van der Waals surface area contributed by atoms with Crippen LogP contribution in [0.4, 0.5) is 0 Å². The van der Waals surface area contributed by atoms with Gasteiger partial charge < -0.3 is 14.7 Å². The van der Waals surface area contributed by atoms with Gasteiger partial charge in [0.1, 0.15) is 0 Å². The van der Waals surface area contributed by atoms with Gasteiger partial charge in [0.15, 0.2) is 0 Å². The summed E-state index contributed by atoms with van der Waals surface area (Å²) in [5.74, 6) is 0. The van der Waals surface area contributed by atoms with Gasteiger partial charge in [-0.05, 0) is 102 Å². The Morgan fingerprint density at radius 2 is 0.359 bits per heavy atom. The largest absolute Gasteiger partial charge is 0.328 e. The van der Waals surface area contributed by atoms with Crippen LogP contribution in [0.1, 0.15) is 158 Å². The summed E-state index contributed by atoms with van der Waals surface area (Å²) in [6.45, 7) is 39.7. The minimum atomic E-state index is -2.62. The van der Waals surface area contributed by atoms with Crippen LogP contribution >= 0.6 is 8.60 Å². The standard InChI is InChI=1S/3C18H24N2.H3O3P/c3*1-17(2,3)15-7-13(9-19-11-15)14-8-16(12-20-10-14)18(4,5)6;1-4(2)3/h3*7-12H,1-6H3;1-3H. The summed E-state index contributed by atoms with van der Waals surface area (Å²) < 4.78 is 0. The summed E-state index contributed by atoms with van der Waals surface area (Å²) in [7, 11) is -2.62. The molecule has 6 heterocycles. The maximum absolute atomic E-state index is 7.23. The van der Waals surface area contributed by atoms with E-state index in [4.69, 9.17) is 14.7 Å². The highest BCUT2D eigenvalue weighted by Gasteiger charge is 2.20. The van der Waals surface area contributed by atoms with Crippen molar-refractivity contribution in [3.05, 3.63) is 144 Å². The summed E-state index contributed by atoms with van der Waals surface area (Å²) in [6.07, 6.45) is 23.2. The second kappa shape index (κ2) is 21.5. The van der Waals surface area contributed by atoms with Crippen molar-refractivity contribution in [2.75, 3.05) is 0 Å². The molecule has 0 amide bonds. The lowest BCUT2D eigenvalue weighted by molar-refractivity contribution is 0.368. The molecule has 6 rings (SSSR count). The Labute approximate surface area is 386 Å². The van der Waals surface area contributed by atoms with Crippen molar-refractivity contribution in [1.29, 1.82) is 0 Å². The van der Waals surface area contributed by atoms with Crippen molar-refractivity contribution >= 4 is 8.60 Å². The van der Waals surface area contributed by atoms with Gasteiger partial charge in [-0.3, -0.25) is 29.9 Å². The number of hydrogen-bond donors (Lipinski definition) is 3. The van der Waals surface area contributed by atoms with Crippen LogP contribution < -0.4 is 0 Å².